The minimum absolute atomic E-state index is 0.0692. The van der Waals surface area contributed by atoms with Crippen LogP contribution in [0.4, 0.5) is 11.6 Å². The van der Waals surface area contributed by atoms with E-state index in [4.69, 9.17) is 16.6 Å². The third-order valence-electron chi connectivity index (χ3n) is 6.33. The molecular weight excluding hydrogens is 502 g/mol. The van der Waals surface area contributed by atoms with Crippen LogP contribution in [0.1, 0.15) is 17.4 Å². The van der Waals surface area contributed by atoms with Gasteiger partial charge in [-0.2, -0.15) is 0 Å². The smallest absolute Gasteiger partial charge is 0.272 e. The van der Waals surface area contributed by atoms with Gasteiger partial charge in [-0.25, -0.2) is 15.0 Å². The van der Waals surface area contributed by atoms with Gasteiger partial charge in [0.2, 0.25) is 5.91 Å². The molecule has 0 atom stereocenters. The molecule has 0 bridgehead atoms. The molecule has 1 fully saturated rings. The van der Waals surface area contributed by atoms with Gasteiger partial charge in [-0.05, 0) is 36.4 Å². The van der Waals surface area contributed by atoms with E-state index in [2.05, 4.69) is 25.5 Å². The lowest BCUT2D eigenvalue weighted by atomic mass is 10.2. The van der Waals surface area contributed by atoms with Gasteiger partial charge in [0.25, 0.3) is 5.91 Å². The largest absolute Gasteiger partial charge is 0.368 e. The number of benzene rings is 2. The van der Waals surface area contributed by atoms with Crippen molar-refractivity contribution in [2.24, 2.45) is 0 Å². The fourth-order valence-corrected chi connectivity index (χ4v) is 4.46. The third kappa shape index (κ3) is 6.00. The summed E-state index contributed by atoms with van der Waals surface area (Å²) < 4.78 is 0. The molecule has 5 rings (SSSR count). The molecule has 2 amide bonds. The second kappa shape index (κ2) is 11.4. The Labute approximate surface area is 225 Å². The molecule has 0 aliphatic carbocycles. The van der Waals surface area contributed by atoms with Crippen molar-refractivity contribution in [1.82, 2.24) is 25.2 Å². The van der Waals surface area contributed by atoms with Gasteiger partial charge in [0.1, 0.15) is 17.3 Å². The summed E-state index contributed by atoms with van der Waals surface area (Å²) in [6.45, 7) is 4.86. The summed E-state index contributed by atoms with van der Waals surface area (Å²) in [6, 6.07) is 20.8. The van der Waals surface area contributed by atoms with E-state index in [-0.39, 0.29) is 11.8 Å². The SMILES string of the molecule is CC(=O)NCCNc1cc(N2CCN(C(=O)c3ccc4ccccc4n3)CC2)nc(-c2ccc(Cl)cc2)n1. The van der Waals surface area contributed by atoms with E-state index in [1.807, 2.05) is 65.6 Å². The summed E-state index contributed by atoms with van der Waals surface area (Å²) in [5, 5.41) is 7.69. The number of aromatic nitrogens is 3. The highest BCUT2D eigenvalue weighted by Crippen LogP contribution is 2.25. The molecule has 38 heavy (non-hydrogen) atoms. The Bertz CT molecular complexity index is 1450. The van der Waals surface area contributed by atoms with Crippen LogP contribution < -0.4 is 15.5 Å². The van der Waals surface area contributed by atoms with Crippen LogP contribution in [0.15, 0.2) is 66.7 Å². The highest BCUT2D eigenvalue weighted by molar-refractivity contribution is 6.30. The van der Waals surface area contributed by atoms with Crippen molar-refractivity contribution in [3.8, 4) is 11.4 Å². The zero-order valence-electron chi connectivity index (χ0n) is 21.0. The molecule has 2 aromatic heterocycles. The van der Waals surface area contributed by atoms with Gasteiger partial charge in [-0.3, -0.25) is 9.59 Å². The molecule has 2 N–H and O–H groups in total. The first kappa shape index (κ1) is 25.4. The molecule has 1 aliphatic heterocycles. The van der Waals surface area contributed by atoms with E-state index in [1.165, 1.54) is 6.92 Å². The van der Waals surface area contributed by atoms with E-state index in [0.717, 1.165) is 22.3 Å². The van der Waals surface area contributed by atoms with Crippen molar-refractivity contribution in [2.75, 3.05) is 49.5 Å². The minimum Gasteiger partial charge on any atom is -0.368 e. The molecule has 0 spiro atoms. The van der Waals surface area contributed by atoms with E-state index < -0.39 is 0 Å². The number of anilines is 2. The third-order valence-corrected chi connectivity index (χ3v) is 6.58. The van der Waals surface area contributed by atoms with Crippen LogP contribution in [0.3, 0.4) is 0 Å². The van der Waals surface area contributed by atoms with Crippen LogP contribution in [0.25, 0.3) is 22.3 Å². The molecule has 1 aliphatic rings. The summed E-state index contributed by atoms with van der Waals surface area (Å²) in [6.07, 6.45) is 0. The summed E-state index contributed by atoms with van der Waals surface area (Å²) in [7, 11) is 0. The van der Waals surface area contributed by atoms with Gasteiger partial charge in [0, 0.05) is 68.2 Å². The number of piperazine rings is 1. The number of fused-ring (bicyclic) bond motifs is 1. The number of nitrogens with zero attached hydrogens (tertiary/aromatic N) is 5. The Hall–Kier alpha value is -4.24. The summed E-state index contributed by atoms with van der Waals surface area (Å²) in [5.41, 5.74) is 2.11. The molecular formula is C28H28ClN7O2. The first-order valence-electron chi connectivity index (χ1n) is 12.5. The van der Waals surface area contributed by atoms with E-state index in [0.29, 0.717) is 61.6 Å². The fraction of sp³-hybridized carbons (Fsp3) is 0.250. The lowest BCUT2D eigenvalue weighted by Gasteiger charge is -2.35. The number of nitrogens with one attached hydrogen (secondary N) is 2. The number of hydrogen-bond donors (Lipinski definition) is 2. The molecule has 0 saturated carbocycles. The predicted octanol–water partition coefficient (Wildman–Crippen LogP) is 3.86. The predicted molar refractivity (Wildman–Crippen MR) is 150 cm³/mol. The molecule has 0 unspecified atom stereocenters. The van der Waals surface area contributed by atoms with E-state index in [9.17, 15) is 9.59 Å². The quantitative estimate of drug-likeness (QED) is 0.350. The van der Waals surface area contributed by atoms with Crippen molar-refractivity contribution in [1.29, 1.82) is 0 Å². The van der Waals surface area contributed by atoms with Crippen LogP contribution in [-0.4, -0.2) is 70.9 Å². The van der Waals surface area contributed by atoms with Crippen LogP contribution in [0.5, 0.6) is 0 Å². The molecule has 9 nitrogen and oxygen atoms in total. The van der Waals surface area contributed by atoms with Crippen LogP contribution in [-0.2, 0) is 4.79 Å². The molecule has 1 saturated heterocycles. The molecule has 0 radical (unpaired) electrons. The van der Waals surface area contributed by atoms with Crippen LogP contribution >= 0.6 is 11.6 Å². The minimum atomic E-state index is -0.0802. The van der Waals surface area contributed by atoms with Crippen LogP contribution in [0.2, 0.25) is 5.02 Å². The zero-order chi connectivity index (χ0) is 26.5. The monoisotopic (exact) mass is 529 g/mol. The van der Waals surface area contributed by atoms with Crippen LogP contribution in [0, 0.1) is 0 Å². The lowest BCUT2D eigenvalue weighted by molar-refractivity contribution is -0.118. The summed E-state index contributed by atoms with van der Waals surface area (Å²) >= 11 is 6.07. The van der Waals surface area contributed by atoms with Gasteiger partial charge < -0.3 is 20.4 Å². The Morgan fingerprint density at radius 2 is 1.66 bits per heavy atom. The maximum atomic E-state index is 13.2. The molecule has 10 heteroatoms. The number of carbonyl (C=O) groups is 2. The van der Waals surface area contributed by atoms with Crippen molar-refractivity contribution in [3.05, 3.63) is 77.4 Å². The number of amides is 2. The molecule has 3 heterocycles. The first-order chi connectivity index (χ1) is 18.5. The maximum Gasteiger partial charge on any atom is 0.272 e. The van der Waals surface area contributed by atoms with Crippen molar-refractivity contribution in [2.45, 2.75) is 6.92 Å². The maximum absolute atomic E-state index is 13.2. The first-order valence-corrected chi connectivity index (χ1v) is 12.9. The second-order valence-electron chi connectivity index (χ2n) is 9.02. The van der Waals surface area contributed by atoms with Gasteiger partial charge in [-0.15, -0.1) is 0 Å². The van der Waals surface area contributed by atoms with E-state index >= 15 is 0 Å². The van der Waals surface area contributed by atoms with Gasteiger partial charge in [-0.1, -0.05) is 35.9 Å². The number of hydrogen-bond acceptors (Lipinski definition) is 7. The summed E-state index contributed by atoms with van der Waals surface area (Å²) in [4.78, 5) is 42.4. The average Bonchev–Trinajstić information content (AvgIpc) is 2.95. The van der Waals surface area contributed by atoms with Gasteiger partial charge >= 0.3 is 0 Å². The fourth-order valence-electron chi connectivity index (χ4n) is 4.33. The topological polar surface area (TPSA) is 103 Å². The highest BCUT2D eigenvalue weighted by atomic mass is 35.5. The second-order valence-corrected chi connectivity index (χ2v) is 9.46. The van der Waals surface area contributed by atoms with Crippen molar-refractivity contribution in [3.63, 3.8) is 0 Å². The van der Waals surface area contributed by atoms with E-state index in [1.54, 1.807) is 6.07 Å². The Balaban J connectivity index is 1.31. The Kier molecular flexibility index (Phi) is 7.65. The number of halogens is 1. The molecule has 4 aromatic rings. The highest BCUT2D eigenvalue weighted by Gasteiger charge is 2.24. The van der Waals surface area contributed by atoms with Gasteiger partial charge in [0.05, 0.1) is 5.52 Å². The Morgan fingerprint density at radius 3 is 2.42 bits per heavy atom. The number of rotatable bonds is 7. The zero-order valence-corrected chi connectivity index (χ0v) is 21.8. The molecule has 2 aromatic carbocycles. The van der Waals surface area contributed by atoms with Crippen molar-refractivity contribution >= 4 is 46.0 Å². The normalized spacial score (nSPS) is 13.4. The standard InChI is InChI=1S/C28H28ClN7O2/c1-19(37)30-12-13-31-25-18-26(34-27(33-25)21-6-9-22(29)10-7-21)35-14-16-36(17-15-35)28(38)24-11-8-20-4-2-3-5-23(20)32-24/h2-11,18H,12-17H2,1H3,(H,30,37)(H,31,33,34). The van der Waals surface area contributed by atoms with Gasteiger partial charge in [0.15, 0.2) is 5.82 Å². The summed E-state index contributed by atoms with van der Waals surface area (Å²) in [5.74, 6) is 1.84. The number of pyridine rings is 1. The number of para-hydroxylation sites is 1. The molecule has 194 valence electrons. The average molecular weight is 530 g/mol. The lowest BCUT2D eigenvalue weighted by Crippen LogP contribution is -2.49. The number of carbonyl (C=O) groups excluding carboxylic acids is 2. The van der Waals surface area contributed by atoms with Crippen molar-refractivity contribution < 1.29 is 9.59 Å². The Morgan fingerprint density at radius 1 is 0.895 bits per heavy atom.